The topological polar surface area (TPSA) is 30.7 Å². The van der Waals surface area contributed by atoms with Crippen molar-refractivity contribution < 1.29 is 0 Å². The molecule has 1 unspecified atom stereocenters. The van der Waals surface area contributed by atoms with Gasteiger partial charge < -0.3 is 0 Å². The first-order valence-corrected chi connectivity index (χ1v) is 19.2. The standard InChI is InChI=1S/C52H31N3/c1-4-14-35-30(11-1)21-22-33-27-34(24-25-36(33)35)51-53-46-20-10-9-19-42(46)52(54-51)55-49-38-16-6-2-12-31(38)23-26-41(49)45-29-44-40-18-8-7-17-39(40)43-28-32-13-3-5-15-37(32)48(47(43)44)50(45)55/h1-27,29,43H,28H2. The van der Waals surface area contributed by atoms with Crippen molar-refractivity contribution in [3.63, 3.8) is 0 Å². The highest BCUT2D eigenvalue weighted by Crippen LogP contribution is 2.57. The molecule has 0 spiro atoms. The van der Waals surface area contributed by atoms with Gasteiger partial charge in [-0.2, -0.15) is 0 Å². The Hall–Kier alpha value is -7.10. The van der Waals surface area contributed by atoms with E-state index in [2.05, 4.69) is 174 Å². The van der Waals surface area contributed by atoms with E-state index in [1.165, 1.54) is 93.1 Å². The molecule has 0 saturated carbocycles. The molecule has 9 aromatic carbocycles. The highest BCUT2D eigenvalue weighted by atomic mass is 15.1. The van der Waals surface area contributed by atoms with Crippen LogP contribution in [-0.4, -0.2) is 14.5 Å². The molecule has 0 aliphatic heterocycles. The van der Waals surface area contributed by atoms with E-state index in [9.17, 15) is 0 Å². The number of aromatic nitrogens is 3. The van der Waals surface area contributed by atoms with Crippen molar-refractivity contribution in [2.75, 3.05) is 0 Å². The summed E-state index contributed by atoms with van der Waals surface area (Å²) in [6.07, 6.45) is 1.000. The minimum atomic E-state index is 0.301. The zero-order valence-corrected chi connectivity index (χ0v) is 29.8. The molecule has 55 heavy (non-hydrogen) atoms. The van der Waals surface area contributed by atoms with Crippen LogP contribution in [0.25, 0.3) is 104 Å². The van der Waals surface area contributed by atoms with Gasteiger partial charge in [0.2, 0.25) is 0 Å². The largest absolute Gasteiger partial charge is 0.292 e. The Morgan fingerprint density at radius 1 is 0.455 bits per heavy atom. The van der Waals surface area contributed by atoms with Gasteiger partial charge >= 0.3 is 0 Å². The Balaban J connectivity index is 1.20. The lowest BCUT2D eigenvalue weighted by Gasteiger charge is -2.27. The van der Waals surface area contributed by atoms with E-state index in [1.54, 1.807) is 0 Å². The van der Waals surface area contributed by atoms with Gasteiger partial charge in [-0.15, -0.1) is 0 Å². The van der Waals surface area contributed by atoms with Gasteiger partial charge in [0.25, 0.3) is 0 Å². The van der Waals surface area contributed by atoms with Crippen LogP contribution in [0.2, 0.25) is 0 Å². The van der Waals surface area contributed by atoms with Crippen molar-refractivity contribution in [2.45, 2.75) is 12.3 Å². The van der Waals surface area contributed by atoms with Crippen LogP contribution in [0.5, 0.6) is 0 Å². The maximum Gasteiger partial charge on any atom is 0.162 e. The summed E-state index contributed by atoms with van der Waals surface area (Å²) in [4.78, 5) is 10.9. The van der Waals surface area contributed by atoms with Crippen LogP contribution < -0.4 is 0 Å². The van der Waals surface area contributed by atoms with Crippen LogP contribution in [-0.2, 0) is 6.42 Å². The smallest absolute Gasteiger partial charge is 0.162 e. The second kappa shape index (κ2) is 10.7. The third kappa shape index (κ3) is 3.94. The Morgan fingerprint density at radius 3 is 2.04 bits per heavy atom. The van der Waals surface area contributed by atoms with Gasteiger partial charge in [-0.05, 0) is 91.0 Å². The Morgan fingerprint density at radius 2 is 1.13 bits per heavy atom. The first-order chi connectivity index (χ1) is 27.3. The zero-order valence-electron chi connectivity index (χ0n) is 29.8. The van der Waals surface area contributed by atoms with Gasteiger partial charge in [-0.3, -0.25) is 4.57 Å². The third-order valence-corrected chi connectivity index (χ3v) is 12.5. The van der Waals surface area contributed by atoms with Crippen LogP contribution in [0.1, 0.15) is 22.6 Å². The van der Waals surface area contributed by atoms with Crippen LogP contribution in [0.15, 0.2) is 170 Å². The zero-order chi connectivity index (χ0) is 35.8. The monoisotopic (exact) mass is 697 g/mol. The molecule has 254 valence electrons. The summed E-state index contributed by atoms with van der Waals surface area (Å²) < 4.78 is 2.51. The predicted molar refractivity (Wildman–Crippen MR) is 228 cm³/mol. The van der Waals surface area contributed by atoms with Crippen molar-refractivity contribution in [3.8, 4) is 39.5 Å². The van der Waals surface area contributed by atoms with Gasteiger partial charge in [0.15, 0.2) is 5.82 Å². The first kappa shape index (κ1) is 29.4. The summed E-state index contributed by atoms with van der Waals surface area (Å²) in [5, 5.41) is 10.9. The predicted octanol–water partition coefficient (Wildman–Crippen LogP) is 13.2. The van der Waals surface area contributed by atoms with Crippen molar-refractivity contribution >= 4 is 65.0 Å². The summed E-state index contributed by atoms with van der Waals surface area (Å²) in [6, 6.07) is 62.3. The van der Waals surface area contributed by atoms with Crippen molar-refractivity contribution in [2.24, 2.45) is 0 Å². The average Bonchev–Trinajstić information content (AvgIpc) is 3.76. The Labute approximate surface area is 316 Å². The molecule has 0 radical (unpaired) electrons. The summed E-state index contributed by atoms with van der Waals surface area (Å²) >= 11 is 0. The lowest BCUT2D eigenvalue weighted by atomic mass is 9.77. The second-order valence-electron chi connectivity index (χ2n) is 15.2. The summed E-state index contributed by atoms with van der Waals surface area (Å²) in [7, 11) is 0. The maximum absolute atomic E-state index is 5.64. The molecule has 3 nitrogen and oxygen atoms in total. The van der Waals surface area contributed by atoms with Gasteiger partial charge in [-0.25, -0.2) is 9.97 Å². The number of nitrogens with zero attached hydrogens (tertiary/aromatic N) is 3. The lowest BCUT2D eigenvalue weighted by Crippen LogP contribution is -2.11. The molecule has 0 amide bonds. The molecule has 0 N–H and O–H groups in total. The van der Waals surface area contributed by atoms with E-state index in [4.69, 9.17) is 9.97 Å². The maximum atomic E-state index is 5.64. The second-order valence-corrected chi connectivity index (χ2v) is 15.2. The van der Waals surface area contributed by atoms with Crippen LogP contribution in [0.4, 0.5) is 0 Å². The molecular weight excluding hydrogens is 667 g/mol. The molecule has 0 saturated heterocycles. The van der Waals surface area contributed by atoms with E-state index in [1.807, 2.05) is 0 Å². The molecule has 13 rings (SSSR count). The Bertz CT molecular complexity index is 3480. The molecule has 2 aliphatic carbocycles. The van der Waals surface area contributed by atoms with Crippen LogP contribution >= 0.6 is 0 Å². The fourth-order valence-electron chi connectivity index (χ4n) is 10.1. The van der Waals surface area contributed by atoms with E-state index in [-0.39, 0.29) is 0 Å². The number of para-hydroxylation sites is 1. The van der Waals surface area contributed by atoms with Crippen LogP contribution in [0.3, 0.4) is 0 Å². The van der Waals surface area contributed by atoms with E-state index < -0.39 is 0 Å². The highest BCUT2D eigenvalue weighted by Gasteiger charge is 2.38. The lowest BCUT2D eigenvalue weighted by molar-refractivity contribution is 0.816. The molecular formula is C52H31N3. The van der Waals surface area contributed by atoms with Crippen molar-refractivity contribution in [3.05, 3.63) is 187 Å². The molecule has 2 aromatic heterocycles. The fraction of sp³-hybridized carbons (Fsp3) is 0.0385. The van der Waals surface area contributed by atoms with E-state index >= 15 is 0 Å². The summed E-state index contributed by atoms with van der Waals surface area (Å²) in [5.41, 5.74) is 14.0. The van der Waals surface area contributed by atoms with Gasteiger partial charge in [0.1, 0.15) is 5.82 Å². The number of rotatable bonds is 2. The Kier molecular flexibility index (Phi) is 5.74. The molecule has 0 bridgehead atoms. The van der Waals surface area contributed by atoms with Gasteiger partial charge in [-0.1, -0.05) is 146 Å². The van der Waals surface area contributed by atoms with Crippen molar-refractivity contribution in [1.82, 2.24) is 14.5 Å². The number of benzene rings is 9. The molecule has 2 heterocycles. The summed E-state index contributed by atoms with van der Waals surface area (Å²) in [6.45, 7) is 0. The highest BCUT2D eigenvalue weighted by molar-refractivity contribution is 6.23. The minimum absolute atomic E-state index is 0.301. The molecule has 2 aliphatic rings. The summed E-state index contributed by atoms with van der Waals surface area (Å²) in [5.74, 6) is 1.93. The molecule has 1 atom stereocenters. The average molecular weight is 698 g/mol. The number of hydrogen-bond donors (Lipinski definition) is 0. The SMILES string of the molecule is c1ccc2c(c1)CC1c3ccccc3-c3cc4c5ccc6ccccc6c5n(-c5nc(-c6ccc7c(ccc8ccccc87)c6)nc6ccccc56)c4c-2c31. The molecule has 0 fully saturated rings. The van der Waals surface area contributed by atoms with Gasteiger partial charge in [0, 0.05) is 38.6 Å². The third-order valence-electron chi connectivity index (χ3n) is 12.5. The van der Waals surface area contributed by atoms with E-state index in [0.717, 1.165) is 34.5 Å². The minimum Gasteiger partial charge on any atom is -0.292 e. The van der Waals surface area contributed by atoms with E-state index in [0.29, 0.717) is 5.92 Å². The molecule has 3 heteroatoms. The van der Waals surface area contributed by atoms with Gasteiger partial charge in [0.05, 0.1) is 16.6 Å². The fourth-order valence-corrected chi connectivity index (χ4v) is 10.1. The normalized spacial score (nSPS) is 14.3. The van der Waals surface area contributed by atoms with Crippen molar-refractivity contribution in [1.29, 1.82) is 0 Å². The molecule has 11 aromatic rings. The number of hydrogen-bond acceptors (Lipinski definition) is 2. The number of fused-ring (bicyclic) bond motifs is 15. The first-order valence-electron chi connectivity index (χ1n) is 19.2. The van der Waals surface area contributed by atoms with Crippen LogP contribution in [0, 0.1) is 0 Å². The quantitative estimate of drug-likeness (QED) is 0.168.